The Balaban J connectivity index is 2.04. The Morgan fingerprint density at radius 2 is 2.16 bits per heavy atom. The second-order valence-corrected chi connectivity index (χ2v) is 5.93. The van der Waals surface area contributed by atoms with Crippen molar-refractivity contribution in [1.29, 1.82) is 0 Å². The highest BCUT2D eigenvalue weighted by atomic mass is 16.5. The van der Waals surface area contributed by atoms with Crippen LogP contribution < -0.4 is 10.5 Å². The topological polar surface area (TPSA) is 53.1 Å². The van der Waals surface area contributed by atoms with Crippen LogP contribution in [0.1, 0.15) is 26.7 Å². The Bertz CT molecular complexity index is 611. The van der Waals surface area contributed by atoms with E-state index in [4.69, 9.17) is 10.5 Å². The molecule has 0 atom stereocenters. The summed E-state index contributed by atoms with van der Waals surface area (Å²) in [6, 6.07) is 5.92. The summed E-state index contributed by atoms with van der Waals surface area (Å²) in [7, 11) is 1.68. The van der Waals surface area contributed by atoms with E-state index in [-0.39, 0.29) is 0 Å². The number of hydrogen-bond acceptors (Lipinski definition) is 3. The maximum Gasteiger partial charge on any atom is 0.201 e. The fourth-order valence-corrected chi connectivity index (χ4v) is 2.81. The number of fused-ring (bicyclic) bond motifs is 1. The Morgan fingerprint density at radius 1 is 1.42 bits per heavy atom. The first-order valence-electron chi connectivity index (χ1n) is 6.85. The third-order valence-corrected chi connectivity index (χ3v) is 4.57. The monoisotopic (exact) mass is 259 g/mol. The molecule has 1 aromatic carbocycles. The van der Waals surface area contributed by atoms with E-state index in [0.717, 1.165) is 23.3 Å². The summed E-state index contributed by atoms with van der Waals surface area (Å²) in [5, 5.41) is 0. The van der Waals surface area contributed by atoms with Gasteiger partial charge in [-0.25, -0.2) is 4.98 Å². The van der Waals surface area contributed by atoms with Gasteiger partial charge in [0.15, 0.2) is 0 Å². The van der Waals surface area contributed by atoms with Crippen LogP contribution >= 0.6 is 0 Å². The van der Waals surface area contributed by atoms with Crippen LogP contribution in [0.2, 0.25) is 0 Å². The van der Waals surface area contributed by atoms with Gasteiger partial charge in [0.25, 0.3) is 0 Å². The summed E-state index contributed by atoms with van der Waals surface area (Å²) in [5.41, 5.74) is 8.51. The molecule has 0 radical (unpaired) electrons. The molecular weight excluding hydrogens is 238 g/mol. The molecule has 0 saturated heterocycles. The number of benzene rings is 1. The van der Waals surface area contributed by atoms with Crippen molar-refractivity contribution in [3.05, 3.63) is 18.2 Å². The summed E-state index contributed by atoms with van der Waals surface area (Å²) in [6.45, 7) is 5.55. The first kappa shape index (κ1) is 12.3. The van der Waals surface area contributed by atoms with E-state index in [2.05, 4.69) is 23.4 Å². The SMILES string of the molecule is COc1ccc2nc(N)n(CC3(C(C)C)CC3)c2c1. The van der Waals surface area contributed by atoms with E-state index < -0.39 is 0 Å². The number of nitrogens with zero attached hydrogens (tertiary/aromatic N) is 2. The molecule has 3 rings (SSSR count). The van der Waals surface area contributed by atoms with E-state index >= 15 is 0 Å². The molecule has 2 aromatic rings. The molecular formula is C15H21N3O. The van der Waals surface area contributed by atoms with Crippen LogP contribution in [0.3, 0.4) is 0 Å². The van der Waals surface area contributed by atoms with Gasteiger partial charge < -0.3 is 15.0 Å². The minimum absolute atomic E-state index is 0.408. The molecule has 0 bridgehead atoms. The van der Waals surface area contributed by atoms with Gasteiger partial charge in [0, 0.05) is 12.6 Å². The molecule has 1 fully saturated rings. The molecule has 1 heterocycles. The standard InChI is InChI=1S/C15H21N3O/c1-10(2)15(6-7-15)9-18-13-8-11(19-3)4-5-12(13)17-14(18)16/h4-5,8,10H,6-7,9H2,1-3H3,(H2,16,17). The molecule has 0 unspecified atom stereocenters. The van der Waals surface area contributed by atoms with Crippen molar-refractivity contribution in [3.63, 3.8) is 0 Å². The van der Waals surface area contributed by atoms with Gasteiger partial charge in [-0.2, -0.15) is 0 Å². The average molecular weight is 259 g/mol. The van der Waals surface area contributed by atoms with E-state index in [0.29, 0.717) is 17.3 Å². The molecule has 0 amide bonds. The number of imidazole rings is 1. The number of nitrogen functional groups attached to an aromatic ring is 1. The quantitative estimate of drug-likeness (QED) is 0.918. The fourth-order valence-electron chi connectivity index (χ4n) is 2.81. The lowest BCUT2D eigenvalue weighted by molar-refractivity contribution is 0.314. The molecule has 1 aliphatic rings. The molecule has 1 saturated carbocycles. The van der Waals surface area contributed by atoms with Gasteiger partial charge in [-0.15, -0.1) is 0 Å². The van der Waals surface area contributed by atoms with E-state index in [1.807, 2.05) is 18.2 Å². The van der Waals surface area contributed by atoms with E-state index in [1.54, 1.807) is 7.11 Å². The molecule has 102 valence electrons. The van der Waals surface area contributed by atoms with Gasteiger partial charge in [0.05, 0.1) is 18.1 Å². The van der Waals surface area contributed by atoms with Crippen molar-refractivity contribution in [2.45, 2.75) is 33.2 Å². The van der Waals surface area contributed by atoms with Crippen molar-refractivity contribution in [2.75, 3.05) is 12.8 Å². The maximum absolute atomic E-state index is 6.09. The molecule has 1 aliphatic carbocycles. The van der Waals surface area contributed by atoms with Crippen LogP contribution in [-0.4, -0.2) is 16.7 Å². The Morgan fingerprint density at radius 3 is 2.74 bits per heavy atom. The fraction of sp³-hybridized carbons (Fsp3) is 0.533. The molecule has 0 aliphatic heterocycles. The highest BCUT2D eigenvalue weighted by Gasteiger charge is 2.45. The zero-order valence-electron chi connectivity index (χ0n) is 11.8. The summed E-state index contributed by atoms with van der Waals surface area (Å²) in [5.74, 6) is 2.13. The van der Waals surface area contributed by atoms with Crippen molar-refractivity contribution >= 4 is 17.0 Å². The zero-order valence-corrected chi connectivity index (χ0v) is 11.8. The van der Waals surface area contributed by atoms with Crippen LogP contribution in [0, 0.1) is 11.3 Å². The lowest BCUT2D eigenvalue weighted by Gasteiger charge is -2.21. The number of nitrogens with two attached hydrogens (primary N) is 1. The predicted molar refractivity (Wildman–Crippen MR) is 77.2 cm³/mol. The lowest BCUT2D eigenvalue weighted by Crippen LogP contribution is -2.18. The minimum atomic E-state index is 0.408. The van der Waals surface area contributed by atoms with E-state index in [1.165, 1.54) is 12.8 Å². The normalized spacial score (nSPS) is 17.1. The molecule has 0 spiro atoms. The summed E-state index contributed by atoms with van der Waals surface area (Å²) in [4.78, 5) is 4.44. The smallest absolute Gasteiger partial charge is 0.201 e. The van der Waals surface area contributed by atoms with Crippen LogP contribution in [0.15, 0.2) is 18.2 Å². The number of rotatable bonds is 4. The van der Waals surface area contributed by atoms with Crippen molar-refractivity contribution in [3.8, 4) is 5.75 Å². The van der Waals surface area contributed by atoms with Gasteiger partial charge in [-0.1, -0.05) is 13.8 Å². The summed E-state index contributed by atoms with van der Waals surface area (Å²) >= 11 is 0. The largest absolute Gasteiger partial charge is 0.497 e. The molecule has 2 N–H and O–H groups in total. The minimum Gasteiger partial charge on any atom is -0.497 e. The average Bonchev–Trinajstić information content (AvgIpc) is 3.11. The molecule has 4 nitrogen and oxygen atoms in total. The molecule has 19 heavy (non-hydrogen) atoms. The Hall–Kier alpha value is -1.71. The predicted octanol–water partition coefficient (Wildman–Crippen LogP) is 3.06. The number of aromatic nitrogens is 2. The Labute approximate surface area is 113 Å². The van der Waals surface area contributed by atoms with Crippen molar-refractivity contribution in [1.82, 2.24) is 9.55 Å². The maximum atomic E-state index is 6.09. The molecule has 4 heteroatoms. The summed E-state index contributed by atoms with van der Waals surface area (Å²) in [6.07, 6.45) is 2.57. The highest BCUT2D eigenvalue weighted by molar-refractivity contribution is 5.80. The van der Waals surface area contributed by atoms with Crippen molar-refractivity contribution in [2.24, 2.45) is 11.3 Å². The Kier molecular flexibility index (Phi) is 2.69. The van der Waals surface area contributed by atoms with E-state index in [9.17, 15) is 0 Å². The number of anilines is 1. The van der Waals surface area contributed by atoms with Gasteiger partial charge in [-0.3, -0.25) is 0 Å². The number of ether oxygens (including phenoxy) is 1. The van der Waals surface area contributed by atoms with Crippen LogP contribution in [0.5, 0.6) is 5.75 Å². The molecule has 1 aromatic heterocycles. The van der Waals surface area contributed by atoms with Gasteiger partial charge in [0.2, 0.25) is 5.95 Å². The highest BCUT2D eigenvalue weighted by Crippen LogP contribution is 2.53. The second kappa shape index (κ2) is 4.15. The first-order chi connectivity index (χ1) is 9.05. The van der Waals surface area contributed by atoms with Gasteiger partial charge in [-0.05, 0) is 36.3 Å². The first-order valence-corrected chi connectivity index (χ1v) is 6.85. The number of hydrogen-bond donors (Lipinski definition) is 1. The summed E-state index contributed by atoms with van der Waals surface area (Å²) < 4.78 is 7.44. The third kappa shape index (κ3) is 1.95. The van der Waals surface area contributed by atoms with Crippen molar-refractivity contribution < 1.29 is 4.74 Å². The lowest BCUT2D eigenvalue weighted by atomic mass is 9.92. The second-order valence-electron chi connectivity index (χ2n) is 5.93. The number of methoxy groups -OCH3 is 1. The van der Waals surface area contributed by atoms with Gasteiger partial charge >= 0.3 is 0 Å². The van der Waals surface area contributed by atoms with Crippen LogP contribution in [0.25, 0.3) is 11.0 Å². The third-order valence-electron chi connectivity index (χ3n) is 4.57. The zero-order chi connectivity index (χ0) is 13.6. The van der Waals surface area contributed by atoms with Crippen LogP contribution in [0.4, 0.5) is 5.95 Å². The van der Waals surface area contributed by atoms with Crippen LogP contribution in [-0.2, 0) is 6.54 Å². The van der Waals surface area contributed by atoms with Gasteiger partial charge in [0.1, 0.15) is 5.75 Å².